The van der Waals surface area contributed by atoms with Crippen molar-refractivity contribution < 1.29 is 9.90 Å². The average molecular weight is 395 g/mol. The van der Waals surface area contributed by atoms with E-state index in [1.165, 1.54) is 10.9 Å². The molecule has 0 atom stereocenters. The van der Waals surface area contributed by atoms with Gasteiger partial charge in [0.25, 0.3) is 0 Å². The molecule has 6 heteroatoms. The molecule has 0 unspecified atom stereocenters. The van der Waals surface area contributed by atoms with Crippen LogP contribution in [-0.2, 0) is 17.8 Å². The highest BCUT2D eigenvalue weighted by atomic mass is 16.3. The molecule has 0 saturated carbocycles. The molecule has 4 rings (SSSR count). The Morgan fingerprint density at radius 1 is 1.28 bits per heavy atom. The smallest absolute Gasteiger partial charge is 0.222 e. The van der Waals surface area contributed by atoms with Crippen molar-refractivity contribution in [1.82, 2.24) is 19.4 Å². The molecule has 2 aromatic heterocycles. The Kier molecular flexibility index (Phi) is 6.00. The zero-order valence-corrected chi connectivity index (χ0v) is 17.1. The average Bonchev–Trinajstić information content (AvgIpc) is 3.32. The van der Waals surface area contributed by atoms with Crippen LogP contribution in [0.15, 0.2) is 36.7 Å². The minimum atomic E-state index is 0.123. The summed E-state index contributed by atoms with van der Waals surface area (Å²) in [6, 6.07) is 8.31. The number of nitrogens with zero attached hydrogens (tertiary/aromatic N) is 3. The zero-order chi connectivity index (χ0) is 20.2. The molecule has 1 amide bonds. The molecule has 3 aromatic rings. The summed E-state index contributed by atoms with van der Waals surface area (Å²) in [4.78, 5) is 22.6. The summed E-state index contributed by atoms with van der Waals surface area (Å²) in [5, 5.41) is 10.6. The van der Waals surface area contributed by atoms with E-state index in [2.05, 4.69) is 38.9 Å². The minimum Gasteiger partial charge on any atom is -0.395 e. The summed E-state index contributed by atoms with van der Waals surface area (Å²) >= 11 is 0. The van der Waals surface area contributed by atoms with Crippen LogP contribution < -0.4 is 0 Å². The Morgan fingerprint density at radius 3 is 2.86 bits per heavy atom. The number of benzene rings is 1. The number of para-hydroxylation sites is 1. The number of rotatable bonds is 7. The maximum atomic E-state index is 12.7. The number of amides is 1. The van der Waals surface area contributed by atoms with E-state index in [1.807, 2.05) is 24.1 Å². The Balaban J connectivity index is 1.27. The lowest BCUT2D eigenvalue weighted by Gasteiger charge is -2.32. The van der Waals surface area contributed by atoms with E-state index in [-0.39, 0.29) is 12.5 Å². The third-order valence-electron chi connectivity index (χ3n) is 6.13. The number of piperidine rings is 1. The van der Waals surface area contributed by atoms with Crippen molar-refractivity contribution >= 4 is 16.8 Å². The first-order chi connectivity index (χ1) is 14.2. The molecule has 1 fully saturated rings. The molecule has 154 valence electrons. The van der Waals surface area contributed by atoms with Crippen molar-refractivity contribution in [2.24, 2.45) is 0 Å². The summed E-state index contributed by atoms with van der Waals surface area (Å²) in [6.07, 6.45) is 8.23. The fourth-order valence-electron chi connectivity index (χ4n) is 4.51. The van der Waals surface area contributed by atoms with Gasteiger partial charge in [-0.15, -0.1) is 0 Å². The van der Waals surface area contributed by atoms with Gasteiger partial charge in [-0.05, 0) is 44.2 Å². The number of carbonyl (C=O) groups excluding carboxylic acids is 1. The number of carbonyl (C=O) groups is 1. The van der Waals surface area contributed by atoms with Crippen LogP contribution >= 0.6 is 0 Å². The molecule has 0 aliphatic carbocycles. The number of hydrogen-bond donors (Lipinski definition) is 2. The Hall–Kier alpha value is -2.60. The van der Waals surface area contributed by atoms with E-state index < -0.39 is 0 Å². The van der Waals surface area contributed by atoms with E-state index in [0.717, 1.165) is 55.8 Å². The largest absolute Gasteiger partial charge is 0.395 e. The van der Waals surface area contributed by atoms with Crippen molar-refractivity contribution in [2.75, 3.05) is 19.7 Å². The molecule has 1 aliphatic rings. The predicted octanol–water partition coefficient (Wildman–Crippen LogP) is 3.39. The van der Waals surface area contributed by atoms with Gasteiger partial charge in [0.2, 0.25) is 5.91 Å². The molecule has 1 aromatic carbocycles. The predicted molar refractivity (Wildman–Crippen MR) is 114 cm³/mol. The summed E-state index contributed by atoms with van der Waals surface area (Å²) < 4.78 is 2.11. The molecule has 3 heterocycles. The van der Waals surface area contributed by atoms with Gasteiger partial charge >= 0.3 is 0 Å². The summed E-state index contributed by atoms with van der Waals surface area (Å²) in [5.41, 5.74) is 3.54. The van der Waals surface area contributed by atoms with Crippen molar-refractivity contribution in [2.45, 2.75) is 51.5 Å². The number of fused-ring (bicyclic) bond motifs is 1. The first-order valence-electron chi connectivity index (χ1n) is 10.6. The van der Waals surface area contributed by atoms with Crippen molar-refractivity contribution in [1.29, 1.82) is 0 Å². The maximum Gasteiger partial charge on any atom is 0.222 e. The molecule has 2 N–H and O–H groups in total. The van der Waals surface area contributed by atoms with Crippen LogP contribution in [0.5, 0.6) is 0 Å². The second-order valence-electron chi connectivity index (χ2n) is 8.00. The van der Waals surface area contributed by atoms with E-state index in [0.29, 0.717) is 18.9 Å². The third-order valence-corrected chi connectivity index (χ3v) is 6.13. The Labute approximate surface area is 171 Å². The van der Waals surface area contributed by atoms with Crippen molar-refractivity contribution in [3.63, 3.8) is 0 Å². The van der Waals surface area contributed by atoms with Gasteiger partial charge in [-0.25, -0.2) is 4.98 Å². The molecule has 6 nitrogen and oxygen atoms in total. The number of nitrogens with one attached hydrogen (secondary N) is 1. The highest BCUT2D eigenvalue weighted by Gasteiger charge is 2.26. The molecular weight excluding hydrogens is 364 g/mol. The van der Waals surface area contributed by atoms with Gasteiger partial charge in [0, 0.05) is 61.0 Å². The molecule has 29 heavy (non-hydrogen) atoms. The van der Waals surface area contributed by atoms with Crippen LogP contribution in [0.25, 0.3) is 10.9 Å². The monoisotopic (exact) mass is 394 g/mol. The van der Waals surface area contributed by atoms with Crippen LogP contribution in [0.3, 0.4) is 0 Å². The van der Waals surface area contributed by atoms with Crippen LogP contribution in [0, 0.1) is 6.92 Å². The zero-order valence-electron chi connectivity index (χ0n) is 17.1. The normalized spacial score (nSPS) is 15.3. The fourth-order valence-corrected chi connectivity index (χ4v) is 4.51. The minimum absolute atomic E-state index is 0.123. The second-order valence-corrected chi connectivity index (χ2v) is 8.00. The number of imidazole rings is 1. The highest BCUT2D eigenvalue weighted by Crippen LogP contribution is 2.28. The number of H-pyrrole nitrogens is 1. The second kappa shape index (κ2) is 8.82. The van der Waals surface area contributed by atoms with Crippen LogP contribution in [0.4, 0.5) is 0 Å². The quantitative estimate of drug-likeness (QED) is 0.645. The van der Waals surface area contributed by atoms with Crippen LogP contribution in [0.2, 0.25) is 0 Å². The number of aryl methyl sites for hydroxylation is 2. The van der Waals surface area contributed by atoms with Crippen LogP contribution in [-0.4, -0.2) is 50.1 Å². The lowest BCUT2D eigenvalue weighted by atomic mass is 9.95. The Bertz CT molecular complexity index is 966. The fraction of sp³-hybridized carbons (Fsp3) is 0.478. The standard InChI is InChI=1S/C23H30N4O2/c1-17-15-25-23(27(17)13-14-28)18-9-11-26(12-10-18)22(29)8-4-5-19-16-24-21-7-3-2-6-20(19)21/h2-3,6-7,15-16,18,24,28H,4-5,8-14H2,1H3. The number of aliphatic hydroxyl groups excluding tert-OH is 1. The highest BCUT2D eigenvalue weighted by molar-refractivity contribution is 5.83. The van der Waals surface area contributed by atoms with Gasteiger partial charge in [0.15, 0.2) is 0 Å². The summed E-state index contributed by atoms with van der Waals surface area (Å²) in [7, 11) is 0. The van der Waals surface area contributed by atoms with Gasteiger partial charge in [-0.3, -0.25) is 4.79 Å². The molecule has 0 radical (unpaired) electrons. The van der Waals surface area contributed by atoms with Gasteiger partial charge in [0.1, 0.15) is 5.82 Å². The van der Waals surface area contributed by atoms with E-state index in [9.17, 15) is 9.90 Å². The van der Waals surface area contributed by atoms with E-state index >= 15 is 0 Å². The van der Waals surface area contributed by atoms with E-state index in [4.69, 9.17) is 0 Å². The lowest BCUT2D eigenvalue weighted by Crippen LogP contribution is -2.38. The number of aromatic amines is 1. The number of aromatic nitrogens is 3. The van der Waals surface area contributed by atoms with Gasteiger partial charge in [-0.2, -0.15) is 0 Å². The maximum absolute atomic E-state index is 12.7. The van der Waals surface area contributed by atoms with Crippen molar-refractivity contribution in [3.8, 4) is 0 Å². The van der Waals surface area contributed by atoms with Crippen molar-refractivity contribution in [3.05, 3.63) is 53.7 Å². The lowest BCUT2D eigenvalue weighted by molar-refractivity contribution is -0.132. The molecule has 1 aliphatic heterocycles. The summed E-state index contributed by atoms with van der Waals surface area (Å²) in [5.74, 6) is 1.69. The number of hydrogen-bond acceptors (Lipinski definition) is 3. The molecule has 0 bridgehead atoms. The van der Waals surface area contributed by atoms with Gasteiger partial charge in [0.05, 0.1) is 6.61 Å². The number of likely N-dealkylation sites (tertiary alicyclic amines) is 1. The van der Waals surface area contributed by atoms with Gasteiger partial charge in [-0.1, -0.05) is 18.2 Å². The molecular formula is C23H30N4O2. The first kappa shape index (κ1) is 19.7. The van der Waals surface area contributed by atoms with Crippen LogP contribution in [0.1, 0.15) is 48.7 Å². The first-order valence-corrected chi connectivity index (χ1v) is 10.6. The molecule has 1 saturated heterocycles. The third kappa shape index (κ3) is 4.22. The summed E-state index contributed by atoms with van der Waals surface area (Å²) in [6.45, 7) is 4.33. The number of aliphatic hydroxyl groups is 1. The topological polar surface area (TPSA) is 74.2 Å². The molecule has 0 spiro atoms. The Morgan fingerprint density at radius 2 is 2.07 bits per heavy atom. The van der Waals surface area contributed by atoms with E-state index in [1.54, 1.807) is 0 Å². The SMILES string of the molecule is Cc1cnc(C2CCN(C(=O)CCCc3c[nH]c4ccccc34)CC2)n1CCO. The van der Waals surface area contributed by atoms with Gasteiger partial charge < -0.3 is 19.6 Å².